The number of carbonyl (C=O) groups excluding carboxylic acids is 8. The number of Topliss-reactive ketones (excluding diaryl/α,β-unsaturated/α-hetero) is 2. The van der Waals surface area contributed by atoms with Crippen molar-refractivity contribution in [2.45, 2.75) is 201 Å². The molecule has 2 bridgehead atoms. The number of piperidine rings is 1. The van der Waals surface area contributed by atoms with Crippen molar-refractivity contribution in [2.24, 2.45) is 23.2 Å². The summed E-state index contributed by atoms with van der Waals surface area (Å²) in [7, 11) is 8.80. The largest absolute Gasteiger partial charge is 0.496 e. The van der Waals surface area contributed by atoms with Crippen LogP contribution in [0.25, 0.3) is 5.57 Å². The van der Waals surface area contributed by atoms with Crippen LogP contribution in [0.2, 0.25) is 0 Å². The van der Waals surface area contributed by atoms with Crippen LogP contribution in [0.1, 0.15) is 151 Å². The molecule has 3 fully saturated rings. The molecule has 0 radical (unpaired) electrons. The highest BCUT2D eigenvalue weighted by molar-refractivity contribution is 8.76. The monoisotopic (exact) mass is 1710 g/mol. The van der Waals surface area contributed by atoms with Gasteiger partial charge in [0.2, 0.25) is 11.8 Å². The second-order valence-electron chi connectivity index (χ2n) is 32.1. The number of carboxylic acid groups (broad SMARTS) is 6. The van der Waals surface area contributed by atoms with Crippen LogP contribution < -0.4 is 36.2 Å². The first-order chi connectivity index (χ1) is 56.9. The number of aliphatic hydroxyl groups is 3. The number of anilines is 1. The van der Waals surface area contributed by atoms with Crippen molar-refractivity contribution in [2.75, 3.05) is 84.1 Å². The smallest absolute Gasteiger partial charge is 0.327 e. The number of hydrogen-bond donors (Lipinski definition) is 14. The van der Waals surface area contributed by atoms with Gasteiger partial charge in [0, 0.05) is 117 Å². The van der Waals surface area contributed by atoms with Crippen LogP contribution in [0.4, 0.5) is 10.5 Å². The predicted molar refractivity (Wildman–Crippen MR) is 437 cm³/mol. The summed E-state index contributed by atoms with van der Waals surface area (Å²) < 4.78 is 17.2. The third-order valence-electron chi connectivity index (χ3n) is 24.7. The van der Waals surface area contributed by atoms with Gasteiger partial charge in [0.25, 0.3) is 5.91 Å². The van der Waals surface area contributed by atoms with Crippen molar-refractivity contribution in [3.8, 4) is 5.75 Å². The average Bonchev–Trinajstić information content (AvgIpc) is 1.47. The van der Waals surface area contributed by atoms with Gasteiger partial charge >= 0.3 is 53.8 Å². The zero-order valence-corrected chi connectivity index (χ0v) is 69.9. The zero-order valence-electron chi connectivity index (χ0n) is 68.3. The van der Waals surface area contributed by atoms with E-state index in [1.807, 2.05) is 73.7 Å². The highest BCUT2D eigenvalue weighted by Gasteiger charge is 2.79. The van der Waals surface area contributed by atoms with E-state index in [0.717, 1.165) is 58.8 Å². The Morgan fingerprint density at radius 3 is 1.96 bits per heavy atom. The zero-order chi connectivity index (χ0) is 87.9. The van der Waals surface area contributed by atoms with Crippen molar-refractivity contribution in [3.63, 3.8) is 0 Å². The number of aliphatic carboxylic acids is 6. The summed E-state index contributed by atoms with van der Waals surface area (Å²) in [5.74, 6) is -15.7. The predicted octanol–water partition coefficient (Wildman–Crippen LogP) is 4.28. The molecule has 5 aliphatic heterocycles. The minimum absolute atomic E-state index is 0.0203. The van der Waals surface area contributed by atoms with Crippen LogP contribution in [-0.2, 0) is 95.5 Å². The number of ketones is 2. The Balaban J connectivity index is 0.000000273. The molecule has 654 valence electrons. The fourth-order valence-electron chi connectivity index (χ4n) is 19.2. The maximum atomic E-state index is 15.4. The lowest BCUT2D eigenvalue weighted by Gasteiger charge is -2.63. The highest BCUT2D eigenvalue weighted by Crippen LogP contribution is 2.68. The lowest BCUT2D eigenvalue weighted by molar-refractivity contribution is -0.203. The Bertz CT molecular complexity index is 4430. The summed E-state index contributed by atoms with van der Waals surface area (Å²) in [5, 5.41) is 105. The van der Waals surface area contributed by atoms with Crippen molar-refractivity contribution >= 4 is 116 Å². The molecule has 16 atom stereocenters. The molecule has 10 rings (SSSR count). The molecule has 120 heavy (non-hydrogen) atoms. The van der Waals surface area contributed by atoms with Crippen molar-refractivity contribution in [3.05, 3.63) is 112 Å². The molecule has 0 aromatic heterocycles. The van der Waals surface area contributed by atoms with E-state index in [2.05, 4.69) is 43.9 Å². The number of rotatable bonds is 40. The van der Waals surface area contributed by atoms with E-state index >= 15 is 4.79 Å². The molecule has 2 aliphatic carbocycles. The summed E-state index contributed by atoms with van der Waals surface area (Å²) in [6.07, 6.45) is 1.42. The number of ether oxygens (including phenoxy) is 3. The van der Waals surface area contributed by atoms with E-state index < -0.39 is 223 Å². The van der Waals surface area contributed by atoms with Crippen molar-refractivity contribution in [1.82, 2.24) is 36.4 Å². The Morgan fingerprint density at radius 2 is 1.34 bits per heavy atom. The molecule has 2 saturated heterocycles. The van der Waals surface area contributed by atoms with Gasteiger partial charge in [0.05, 0.1) is 51.4 Å². The second-order valence-corrected chi connectivity index (χ2v) is 34.7. The van der Waals surface area contributed by atoms with Crippen LogP contribution in [0, 0.1) is 23.2 Å². The Labute approximate surface area is 702 Å². The van der Waals surface area contributed by atoms with Crippen molar-refractivity contribution < 1.29 is 127 Å². The van der Waals surface area contributed by atoms with Gasteiger partial charge in [-0.15, -0.1) is 0 Å². The van der Waals surface area contributed by atoms with Gasteiger partial charge in [-0.2, -0.15) is 0 Å². The van der Waals surface area contributed by atoms with Gasteiger partial charge in [0.15, 0.2) is 11.4 Å². The minimum atomic E-state index is -2.39. The molecule has 1 saturated carbocycles. The molecule has 34 nitrogen and oxygen atoms in total. The summed E-state index contributed by atoms with van der Waals surface area (Å²) >= 11 is 0. The topological polar surface area (TPSA) is 519 Å². The number of hydrogen-bond acceptors (Lipinski definition) is 25. The Hall–Kier alpha value is -9.98. The van der Waals surface area contributed by atoms with Gasteiger partial charge in [0.1, 0.15) is 47.7 Å². The highest BCUT2D eigenvalue weighted by atomic mass is 33.1. The van der Waals surface area contributed by atoms with Crippen LogP contribution in [0.3, 0.4) is 0 Å². The molecule has 3 unspecified atom stereocenters. The second kappa shape index (κ2) is 40.6. The number of aliphatic hydroxyl groups excluding tert-OH is 1. The molecule has 5 amide bonds. The van der Waals surface area contributed by atoms with E-state index in [4.69, 9.17) is 19.3 Å². The van der Waals surface area contributed by atoms with Gasteiger partial charge in [-0.1, -0.05) is 109 Å². The van der Waals surface area contributed by atoms with Crippen LogP contribution in [0.15, 0.2) is 84.5 Å². The first kappa shape index (κ1) is 93.9. The lowest BCUT2D eigenvalue weighted by atomic mass is 9.47. The fraction of sp³-hybridized carbons (Fsp3) is 0.571. The summed E-state index contributed by atoms with van der Waals surface area (Å²) in [4.78, 5) is 183. The molecule has 3 aromatic rings. The number of fused-ring (bicyclic) bond motifs is 5. The number of methoxy groups -OCH3 is 3. The molecule has 5 heterocycles. The normalized spacial score (nSPS) is 25.6. The Morgan fingerprint density at radius 1 is 0.667 bits per heavy atom. The van der Waals surface area contributed by atoms with Gasteiger partial charge in [-0.3, -0.25) is 57.7 Å². The number of likely N-dealkylation sites (N-methyl/N-ethyl adjacent to an activating group) is 1. The number of benzene rings is 3. The van der Waals surface area contributed by atoms with Gasteiger partial charge < -0.3 is 91.7 Å². The third kappa shape index (κ3) is 20.4. The summed E-state index contributed by atoms with van der Waals surface area (Å²) in [6.45, 7) is 8.80. The summed E-state index contributed by atoms with van der Waals surface area (Å²) in [6, 6.07) is 11.9. The maximum Gasteiger partial charge on any atom is 0.327 e. The first-order valence-electron chi connectivity index (χ1n) is 40.3. The number of nitrogens with one attached hydrogen (secondary N) is 5. The standard InChI is InChI=1S/C47H60N4O9.C37H50N4O17S2/c1-7-43(56)23-28-24-46(42(55)60-6,32-20-29-12-9-10-13-30(29)31(32)14-18-50(26-28)27-43)34-21-33-35(22-36(34)58-4)49(3)39-45(33)16-19-51-17-11-15-44(8-2,38(45)51)40(53)47(39,57)41(54)48-25-37(52)59-5;1-2-14-59-60-19-27(36(56)57)39-32(49)22(15-20-6-4-3-5-7-20)17-28(43)26(18-31(47)48)38-29(44)12-8-21(33(50)51)16-23(42)9-10-24(34(52)53)40-37(58)41-25(35(54)55)11-13-30(45)46/h9-13,15,21-22,28,38-40,53,56-57H,7-8,14,16-20,23-27H2,1-6H3,(H,48,54);3-7,21-22,24-27H,2,8-19H2,1H3,(H,38,44)(H,39,49)(H,45,46)(H,47,48)(H,50,51)(H,52,53)(H,54,55)(H,56,57)(H2,40,41,58)/t28?,38-,39+,40+,43-,44+,45+,46+,47-;21-,22-,24?,25+,26+,27+/m01/s1. The Kier molecular flexibility index (Phi) is 31.8. The van der Waals surface area contributed by atoms with Gasteiger partial charge in [-0.05, 0) is 129 Å². The lowest BCUT2D eigenvalue weighted by Crippen LogP contribution is -2.81. The minimum Gasteiger partial charge on any atom is -0.496 e. The number of esters is 2. The van der Waals surface area contributed by atoms with E-state index in [9.17, 15) is 103 Å². The van der Waals surface area contributed by atoms with E-state index in [0.29, 0.717) is 81.5 Å². The molecule has 36 heteroatoms. The summed E-state index contributed by atoms with van der Waals surface area (Å²) in [5.41, 5.74) is 0.616. The molecule has 14 N–H and O–H groups in total. The molecule has 3 aromatic carbocycles. The van der Waals surface area contributed by atoms with E-state index in [-0.39, 0.29) is 24.1 Å². The molecular formula is C84H110N8O26S2. The third-order valence-corrected chi connectivity index (χ3v) is 27.4. The fourth-order valence-corrected chi connectivity index (χ4v) is 21.5. The first-order valence-corrected chi connectivity index (χ1v) is 42.8. The SMILES string of the molecule is CCCSSC[C@H](NC(=O)[C@@H](CC(=O)[C@H](CC(=O)O)NC(=O)CC[C@H](CC(=O)CCC(NC(=O)N[C@@H](CCC(=O)O)C(=O)O)C(=O)O)C(=O)O)Cc1ccccc1)C(=O)O.CC[C@]1(O)CC2CN(CCC3=C(Cc4ccccc43)[C@@](C(=O)OC)(c3cc4c(cc3OC)N(C)[C@H]3[C@@](O)(C(=O)NCC(=O)OC)[C@H](O)[C@]5(CC)C=CCN6CC[C@]43[C@@H]65)C2)C1. The molecule has 7 aliphatic rings. The average molecular weight is 1710 g/mol. The molecular weight excluding hydrogens is 1600 g/mol. The van der Waals surface area contributed by atoms with Gasteiger partial charge in [-0.25, -0.2) is 19.2 Å². The van der Waals surface area contributed by atoms with Crippen LogP contribution in [-0.4, -0.2) is 272 Å². The number of urea groups is 1. The van der Waals surface area contributed by atoms with E-state index in [1.165, 1.54) is 35.8 Å². The number of amides is 5. The quantitative estimate of drug-likeness (QED) is 0.0163. The number of carboxylic acids is 6. The van der Waals surface area contributed by atoms with E-state index in [1.54, 1.807) is 37.4 Å². The molecule has 1 spiro atoms. The maximum absolute atomic E-state index is 15.4. The number of carbonyl (C=O) groups is 14. The van der Waals surface area contributed by atoms with Crippen LogP contribution in [0.5, 0.6) is 5.75 Å². The van der Waals surface area contributed by atoms with Crippen LogP contribution >= 0.6 is 21.6 Å². The van der Waals surface area contributed by atoms with Crippen molar-refractivity contribution in [1.29, 1.82) is 0 Å². The number of nitrogens with zero attached hydrogens (tertiary/aromatic N) is 3.